The van der Waals surface area contributed by atoms with Crippen molar-refractivity contribution in [2.45, 2.75) is 146 Å². The molecule has 3 aliphatic rings. The van der Waals surface area contributed by atoms with Crippen molar-refractivity contribution in [3.05, 3.63) is 23.3 Å². The number of carbonyl (C=O) groups excluding carboxylic acids is 1. The molecule has 2 saturated carbocycles. The predicted octanol–water partition coefficient (Wildman–Crippen LogP) is 7.16. The highest BCUT2D eigenvalue weighted by Gasteiger charge is 2.47. The van der Waals surface area contributed by atoms with Crippen LogP contribution < -0.4 is 16.0 Å². The SMILES string of the molecule is C=C(CCC(CCC)C/C(C)=C/Cl)C(C)COC1CCC(NC2C(C#N)CNC3CC(OCC)C(NC(=O)CCCN(C)C)CC32)CC1Cl. The zero-order valence-corrected chi connectivity index (χ0v) is 32.8. The van der Waals surface area contributed by atoms with Crippen molar-refractivity contribution in [3.8, 4) is 6.07 Å². The van der Waals surface area contributed by atoms with Crippen molar-refractivity contribution >= 4 is 29.1 Å². The molecule has 1 heterocycles. The Hall–Kier alpha value is -1.18. The molecule has 0 spiro atoms. The second-order valence-corrected chi connectivity index (χ2v) is 16.2. The van der Waals surface area contributed by atoms with Gasteiger partial charge in [0.25, 0.3) is 0 Å². The summed E-state index contributed by atoms with van der Waals surface area (Å²) in [5.74, 6) is 1.06. The highest BCUT2D eigenvalue weighted by atomic mass is 35.5. The number of nitrogens with zero attached hydrogens (tertiary/aromatic N) is 2. The summed E-state index contributed by atoms with van der Waals surface area (Å²) in [4.78, 5) is 15.0. The van der Waals surface area contributed by atoms with Crippen LogP contribution in [0.15, 0.2) is 23.3 Å². The van der Waals surface area contributed by atoms with E-state index in [9.17, 15) is 10.1 Å². The topological polar surface area (TPSA) is 98.6 Å². The standard InChI is InChI=1S/C39H67Cl2N5O3/c1-8-11-29(18-26(3)22-40)14-13-27(4)28(5)25-49-36-16-15-31(19-33(36)41)44-39-30(23-42)24-43-34-21-37(48-9-2)35(20-32(34)39)45-38(47)12-10-17-46(6)7/h22,28-37,39,43-44H,4,8-21,24-25H2,1-3,5-7H3,(H,45,47)/b26-22+. The van der Waals surface area contributed by atoms with Crippen LogP contribution >= 0.6 is 23.2 Å². The Bertz CT molecular complexity index is 1080. The van der Waals surface area contributed by atoms with Crippen LogP contribution in [0.1, 0.15) is 105 Å². The van der Waals surface area contributed by atoms with Gasteiger partial charge in [0.15, 0.2) is 0 Å². The molecular weight excluding hydrogens is 657 g/mol. The molecule has 10 heteroatoms. The van der Waals surface area contributed by atoms with E-state index in [1.807, 2.05) is 21.0 Å². The first-order valence-electron chi connectivity index (χ1n) is 19.1. The minimum absolute atomic E-state index is 0.0144. The van der Waals surface area contributed by atoms with Crippen LogP contribution in [0.3, 0.4) is 0 Å². The van der Waals surface area contributed by atoms with Crippen LogP contribution in [0.2, 0.25) is 0 Å². The van der Waals surface area contributed by atoms with E-state index in [0.29, 0.717) is 32.1 Å². The molecule has 3 fully saturated rings. The fraction of sp³-hybridized carbons (Fsp3) is 0.846. The van der Waals surface area contributed by atoms with Crippen molar-refractivity contribution in [2.75, 3.05) is 40.4 Å². The number of ether oxygens (including phenoxy) is 2. The predicted molar refractivity (Wildman–Crippen MR) is 203 cm³/mol. The lowest BCUT2D eigenvalue weighted by molar-refractivity contribution is -0.124. The van der Waals surface area contributed by atoms with Crippen LogP contribution in [-0.2, 0) is 14.3 Å². The van der Waals surface area contributed by atoms with E-state index in [1.54, 1.807) is 5.54 Å². The number of nitriles is 1. The first kappa shape index (κ1) is 42.2. The van der Waals surface area contributed by atoms with Gasteiger partial charge in [-0.3, -0.25) is 4.79 Å². The third kappa shape index (κ3) is 13.7. The van der Waals surface area contributed by atoms with Crippen LogP contribution in [0.25, 0.3) is 0 Å². The van der Waals surface area contributed by atoms with E-state index < -0.39 is 0 Å². The number of nitrogens with one attached hydrogen (secondary N) is 3. The fourth-order valence-electron chi connectivity index (χ4n) is 8.26. The van der Waals surface area contributed by atoms with Gasteiger partial charge in [0.1, 0.15) is 0 Å². The summed E-state index contributed by atoms with van der Waals surface area (Å²) < 4.78 is 12.6. The molecule has 280 valence electrons. The average molecular weight is 725 g/mol. The zero-order chi connectivity index (χ0) is 35.9. The van der Waals surface area contributed by atoms with Gasteiger partial charge >= 0.3 is 0 Å². The number of amides is 1. The van der Waals surface area contributed by atoms with Gasteiger partial charge in [0.05, 0.1) is 42.2 Å². The normalized spacial score (nSPS) is 31.8. The van der Waals surface area contributed by atoms with E-state index in [4.69, 9.17) is 32.7 Å². The Balaban J connectivity index is 1.53. The summed E-state index contributed by atoms with van der Waals surface area (Å²) in [6, 6.07) is 3.00. The van der Waals surface area contributed by atoms with E-state index in [1.165, 1.54) is 24.0 Å². The Morgan fingerprint density at radius 3 is 2.57 bits per heavy atom. The maximum absolute atomic E-state index is 12.9. The van der Waals surface area contributed by atoms with Crippen molar-refractivity contribution in [1.29, 1.82) is 5.26 Å². The molecule has 11 unspecified atom stereocenters. The number of piperidine rings is 1. The molecule has 3 N–H and O–H groups in total. The van der Waals surface area contributed by atoms with E-state index in [-0.39, 0.29) is 65.4 Å². The average Bonchev–Trinajstić information content (AvgIpc) is 3.07. The van der Waals surface area contributed by atoms with Crippen molar-refractivity contribution in [2.24, 2.45) is 23.7 Å². The molecular formula is C39H67Cl2N5O3. The molecule has 2 aliphatic carbocycles. The number of hydrogen-bond donors (Lipinski definition) is 3. The summed E-state index contributed by atoms with van der Waals surface area (Å²) in [5, 5.41) is 21.0. The van der Waals surface area contributed by atoms with E-state index >= 15 is 0 Å². The summed E-state index contributed by atoms with van der Waals surface area (Å²) in [7, 11) is 4.05. The van der Waals surface area contributed by atoms with Crippen LogP contribution in [0.4, 0.5) is 0 Å². The molecule has 0 aromatic rings. The second kappa shape index (κ2) is 22.0. The fourth-order valence-corrected chi connectivity index (χ4v) is 8.76. The van der Waals surface area contributed by atoms with Crippen molar-refractivity contribution < 1.29 is 14.3 Å². The first-order chi connectivity index (χ1) is 23.5. The van der Waals surface area contributed by atoms with Crippen LogP contribution in [0, 0.1) is 35.0 Å². The summed E-state index contributed by atoms with van der Waals surface area (Å²) in [5.41, 5.74) is 4.21. The van der Waals surface area contributed by atoms with E-state index in [0.717, 1.165) is 64.3 Å². The molecule has 3 rings (SSSR count). The zero-order valence-electron chi connectivity index (χ0n) is 31.3. The Kier molecular flexibility index (Phi) is 19.0. The Morgan fingerprint density at radius 2 is 1.92 bits per heavy atom. The number of rotatable bonds is 20. The number of halogens is 2. The number of fused-ring (bicyclic) bond motifs is 1. The van der Waals surface area contributed by atoms with Gasteiger partial charge in [0.2, 0.25) is 5.91 Å². The number of carbonyl (C=O) groups is 1. The molecule has 1 aliphatic heterocycles. The number of hydrogen-bond acceptors (Lipinski definition) is 7. The molecule has 0 radical (unpaired) electrons. The van der Waals surface area contributed by atoms with Gasteiger partial charge in [-0.05, 0) is 104 Å². The largest absolute Gasteiger partial charge is 0.376 e. The molecule has 1 amide bonds. The Morgan fingerprint density at radius 1 is 1.14 bits per heavy atom. The summed E-state index contributed by atoms with van der Waals surface area (Å²) in [6.45, 7) is 15.8. The minimum Gasteiger partial charge on any atom is -0.376 e. The highest BCUT2D eigenvalue weighted by molar-refractivity contribution is 6.25. The second-order valence-electron chi connectivity index (χ2n) is 15.5. The molecule has 0 aromatic heterocycles. The van der Waals surface area contributed by atoms with Crippen molar-refractivity contribution in [3.63, 3.8) is 0 Å². The van der Waals surface area contributed by atoms with Gasteiger partial charge in [-0.1, -0.05) is 56.0 Å². The third-order valence-corrected chi connectivity index (χ3v) is 12.0. The lowest BCUT2D eigenvalue weighted by Gasteiger charge is -2.50. The van der Waals surface area contributed by atoms with Crippen LogP contribution in [0.5, 0.6) is 0 Å². The van der Waals surface area contributed by atoms with Gasteiger partial charge in [-0.25, -0.2) is 0 Å². The van der Waals surface area contributed by atoms with Gasteiger partial charge in [0, 0.05) is 49.2 Å². The van der Waals surface area contributed by atoms with Gasteiger partial charge in [-0.15, -0.1) is 11.6 Å². The minimum atomic E-state index is -0.150. The Labute approximate surface area is 308 Å². The molecule has 0 aromatic carbocycles. The van der Waals surface area contributed by atoms with Crippen LogP contribution in [-0.4, -0.2) is 93.0 Å². The molecule has 49 heavy (non-hydrogen) atoms. The quantitative estimate of drug-likeness (QED) is 0.0906. The van der Waals surface area contributed by atoms with Gasteiger partial charge in [-0.2, -0.15) is 5.26 Å². The molecule has 11 atom stereocenters. The maximum Gasteiger partial charge on any atom is 0.220 e. The maximum atomic E-state index is 12.9. The smallest absolute Gasteiger partial charge is 0.220 e. The summed E-state index contributed by atoms with van der Waals surface area (Å²) >= 11 is 13.0. The third-order valence-electron chi connectivity index (χ3n) is 11.1. The first-order valence-corrected chi connectivity index (χ1v) is 20.0. The number of alkyl halides is 1. The summed E-state index contributed by atoms with van der Waals surface area (Å²) in [6.07, 6.45) is 11.2. The number of allylic oxidation sites excluding steroid dienone is 1. The molecule has 1 saturated heterocycles. The lowest BCUT2D eigenvalue weighted by Crippen LogP contribution is -2.66. The van der Waals surface area contributed by atoms with E-state index in [2.05, 4.69) is 54.3 Å². The molecule has 0 bridgehead atoms. The van der Waals surface area contributed by atoms with Crippen molar-refractivity contribution in [1.82, 2.24) is 20.9 Å². The highest BCUT2D eigenvalue weighted by Crippen LogP contribution is 2.37. The van der Waals surface area contributed by atoms with Gasteiger partial charge < -0.3 is 30.3 Å². The molecule has 8 nitrogen and oxygen atoms in total. The lowest BCUT2D eigenvalue weighted by atomic mass is 9.69. The monoisotopic (exact) mass is 723 g/mol.